The average Bonchev–Trinajstić information content (AvgIpc) is 2.85. The number of ether oxygens (including phenoxy) is 2. The maximum Gasteiger partial charge on any atom is 0.191 e. The number of nitrogens with zero attached hydrogens (tertiary/aromatic N) is 2. The van der Waals surface area contributed by atoms with Gasteiger partial charge < -0.3 is 20.1 Å². The molecular formula is C26H38N4O2. The predicted molar refractivity (Wildman–Crippen MR) is 131 cm³/mol. The smallest absolute Gasteiger partial charge is 0.191 e. The molecule has 0 saturated carbocycles. The molecule has 32 heavy (non-hydrogen) atoms. The van der Waals surface area contributed by atoms with E-state index in [-0.39, 0.29) is 0 Å². The van der Waals surface area contributed by atoms with Gasteiger partial charge >= 0.3 is 0 Å². The molecule has 1 fully saturated rings. The Morgan fingerprint density at radius 3 is 2.56 bits per heavy atom. The maximum absolute atomic E-state index is 6.03. The predicted octanol–water partition coefficient (Wildman–Crippen LogP) is 3.60. The topological polar surface area (TPSA) is 58.1 Å². The molecule has 0 unspecified atom stereocenters. The zero-order chi connectivity index (χ0) is 22.6. The Bertz CT molecular complexity index is 849. The SMILES string of the molecule is CCc1ccccc1CNC(=NC)NCc1cccc(OCCN(C)C2CCOCC2)c1. The van der Waals surface area contributed by atoms with Crippen molar-refractivity contribution in [2.24, 2.45) is 4.99 Å². The minimum atomic E-state index is 0.603. The lowest BCUT2D eigenvalue weighted by Gasteiger charge is -2.31. The van der Waals surface area contributed by atoms with Gasteiger partial charge in [-0.25, -0.2) is 0 Å². The van der Waals surface area contributed by atoms with Crippen LogP contribution in [-0.4, -0.2) is 57.4 Å². The zero-order valence-electron chi connectivity index (χ0n) is 19.8. The minimum Gasteiger partial charge on any atom is -0.492 e. The van der Waals surface area contributed by atoms with E-state index in [0.29, 0.717) is 19.2 Å². The Morgan fingerprint density at radius 2 is 1.81 bits per heavy atom. The van der Waals surface area contributed by atoms with Gasteiger partial charge in [0.1, 0.15) is 12.4 Å². The van der Waals surface area contributed by atoms with Crippen molar-refractivity contribution in [1.82, 2.24) is 15.5 Å². The molecule has 0 aliphatic carbocycles. The summed E-state index contributed by atoms with van der Waals surface area (Å²) in [6, 6.07) is 17.4. The Morgan fingerprint density at radius 1 is 1.06 bits per heavy atom. The Hall–Kier alpha value is -2.57. The standard InChI is InChI=1S/C26H38N4O2/c1-4-22-9-5-6-10-23(22)20-29-26(27-2)28-19-21-8-7-11-25(18-21)32-17-14-30(3)24-12-15-31-16-13-24/h5-11,18,24H,4,12-17,19-20H2,1-3H3,(H2,27,28,29). The van der Waals surface area contributed by atoms with Crippen LogP contribution >= 0.6 is 0 Å². The van der Waals surface area contributed by atoms with Crippen LogP contribution in [-0.2, 0) is 24.2 Å². The van der Waals surface area contributed by atoms with Crippen LogP contribution in [0.3, 0.4) is 0 Å². The van der Waals surface area contributed by atoms with Gasteiger partial charge in [-0.05, 0) is 55.1 Å². The molecule has 0 atom stereocenters. The van der Waals surface area contributed by atoms with E-state index in [9.17, 15) is 0 Å². The molecule has 1 saturated heterocycles. The van der Waals surface area contributed by atoms with Gasteiger partial charge in [0.15, 0.2) is 5.96 Å². The summed E-state index contributed by atoms with van der Waals surface area (Å²) in [5, 5.41) is 6.82. The summed E-state index contributed by atoms with van der Waals surface area (Å²) in [5.41, 5.74) is 3.83. The summed E-state index contributed by atoms with van der Waals surface area (Å²) in [4.78, 5) is 6.75. The minimum absolute atomic E-state index is 0.603. The van der Waals surface area contributed by atoms with Crippen molar-refractivity contribution >= 4 is 5.96 Å². The Balaban J connectivity index is 1.43. The van der Waals surface area contributed by atoms with Gasteiger partial charge in [0.05, 0.1) is 0 Å². The summed E-state index contributed by atoms with van der Waals surface area (Å²) < 4.78 is 11.5. The fraction of sp³-hybridized carbons (Fsp3) is 0.500. The quantitative estimate of drug-likeness (QED) is 0.438. The molecule has 0 amide bonds. The van der Waals surface area contributed by atoms with Crippen LogP contribution in [0.1, 0.15) is 36.5 Å². The van der Waals surface area contributed by atoms with Crippen LogP contribution in [0.15, 0.2) is 53.5 Å². The second-order valence-corrected chi connectivity index (χ2v) is 8.22. The summed E-state index contributed by atoms with van der Waals surface area (Å²) >= 11 is 0. The third kappa shape index (κ3) is 7.53. The fourth-order valence-corrected chi connectivity index (χ4v) is 4.02. The fourth-order valence-electron chi connectivity index (χ4n) is 4.02. The molecule has 2 aromatic carbocycles. The van der Waals surface area contributed by atoms with E-state index in [2.05, 4.69) is 70.9 Å². The van der Waals surface area contributed by atoms with E-state index in [1.807, 2.05) is 12.1 Å². The molecule has 2 aromatic rings. The lowest BCUT2D eigenvalue weighted by atomic mass is 10.1. The highest BCUT2D eigenvalue weighted by Gasteiger charge is 2.17. The van der Waals surface area contributed by atoms with Gasteiger partial charge in [-0.1, -0.05) is 43.3 Å². The van der Waals surface area contributed by atoms with E-state index in [1.54, 1.807) is 7.05 Å². The number of benzene rings is 2. The second kappa shape index (κ2) is 13.1. The van der Waals surface area contributed by atoms with Crippen molar-refractivity contribution in [3.05, 3.63) is 65.2 Å². The molecule has 0 spiro atoms. The maximum atomic E-state index is 6.03. The molecule has 6 nitrogen and oxygen atoms in total. The van der Waals surface area contributed by atoms with Crippen molar-refractivity contribution < 1.29 is 9.47 Å². The number of hydrogen-bond acceptors (Lipinski definition) is 4. The number of hydrogen-bond donors (Lipinski definition) is 2. The van der Waals surface area contributed by atoms with Gasteiger partial charge in [0.2, 0.25) is 0 Å². The molecule has 0 radical (unpaired) electrons. The summed E-state index contributed by atoms with van der Waals surface area (Å²) in [7, 11) is 3.98. The van der Waals surface area contributed by atoms with Crippen LogP contribution in [0.5, 0.6) is 5.75 Å². The highest BCUT2D eigenvalue weighted by molar-refractivity contribution is 5.79. The molecule has 0 aromatic heterocycles. The van der Waals surface area contributed by atoms with Crippen molar-refractivity contribution in [3.63, 3.8) is 0 Å². The largest absolute Gasteiger partial charge is 0.492 e. The molecular weight excluding hydrogens is 400 g/mol. The first kappa shape index (κ1) is 24.1. The molecule has 1 aliphatic rings. The summed E-state index contributed by atoms with van der Waals surface area (Å²) in [5.74, 6) is 1.70. The van der Waals surface area contributed by atoms with Gasteiger partial charge in [-0.2, -0.15) is 0 Å². The third-order valence-corrected chi connectivity index (χ3v) is 6.05. The van der Waals surface area contributed by atoms with Crippen molar-refractivity contribution in [2.75, 3.05) is 40.5 Å². The van der Waals surface area contributed by atoms with E-state index in [1.165, 1.54) is 11.1 Å². The van der Waals surface area contributed by atoms with Gasteiger partial charge in [-0.15, -0.1) is 0 Å². The average molecular weight is 439 g/mol. The molecule has 0 bridgehead atoms. The molecule has 2 N–H and O–H groups in total. The molecule has 1 heterocycles. The van der Waals surface area contributed by atoms with Crippen molar-refractivity contribution in [1.29, 1.82) is 0 Å². The first-order chi connectivity index (χ1) is 15.7. The van der Waals surface area contributed by atoms with E-state index >= 15 is 0 Å². The lowest BCUT2D eigenvalue weighted by Crippen LogP contribution is -2.38. The number of aryl methyl sites for hydroxylation is 1. The van der Waals surface area contributed by atoms with E-state index < -0.39 is 0 Å². The number of nitrogens with one attached hydrogen (secondary N) is 2. The van der Waals surface area contributed by atoms with Gasteiger partial charge in [-0.3, -0.25) is 9.89 Å². The van der Waals surface area contributed by atoms with E-state index in [4.69, 9.17) is 9.47 Å². The van der Waals surface area contributed by atoms with Crippen LogP contribution in [0.2, 0.25) is 0 Å². The van der Waals surface area contributed by atoms with Gasteiger partial charge in [0, 0.05) is 45.9 Å². The van der Waals surface area contributed by atoms with Crippen LogP contribution in [0, 0.1) is 0 Å². The number of likely N-dealkylation sites (N-methyl/N-ethyl adjacent to an activating group) is 1. The van der Waals surface area contributed by atoms with Crippen LogP contribution in [0.4, 0.5) is 0 Å². The normalized spacial score (nSPS) is 15.1. The van der Waals surface area contributed by atoms with Crippen LogP contribution < -0.4 is 15.4 Å². The monoisotopic (exact) mass is 438 g/mol. The lowest BCUT2D eigenvalue weighted by molar-refractivity contribution is 0.0392. The van der Waals surface area contributed by atoms with Crippen LogP contribution in [0.25, 0.3) is 0 Å². The van der Waals surface area contributed by atoms with E-state index in [0.717, 1.165) is 62.8 Å². The Kier molecular flexibility index (Phi) is 9.85. The molecule has 1 aliphatic heterocycles. The second-order valence-electron chi connectivity index (χ2n) is 8.22. The Labute approximate surface area is 193 Å². The number of guanidine groups is 1. The zero-order valence-corrected chi connectivity index (χ0v) is 19.8. The first-order valence-corrected chi connectivity index (χ1v) is 11.7. The van der Waals surface area contributed by atoms with Crippen molar-refractivity contribution in [2.45, 2.75) is 45.3 Å². The molecule has 3 rings (SSSR count). The third-order valence-electron chi connectivity index (χ3n) is 6.05. The van der Waals surface area contributed by atoms with Gasteiger partial charge in [0.25, 0.3) is 0 Å². The first-order valence-electron chi connectivity index (χ1n) is 11.7. The molecule has 174 valence electrons. The highest BCUT2D eigenvalue weighted by atomic mass is 16.5. The highest BCUT2D eigenvalue weighted by Crippen LogP contribution is 2.15. The summed E-state index contributed by atoms with van der Waals surface area (Å²) in [6.07, 6.45) is 3.25. The number of aliphatic imine (C=N–C) groups is 1. The summed E-state index contributed by atoms with van der Waals surface area (Å²) in [6.45, 7) is 6.97. The number of rotatable bonds is 10. The van der Waals surface area contributed by atoms with Crippen molar-refractivity contribution in [3.8, 4) is 5.75 Å². The molecule has 6 heteroatoms.